The highest BCUT2D eigenvalue weighted by molar-refractivity contribution is 5.85. The molecule has 0 radical (unpaired) electrons. The summed E-state index contributed by atoms with van der Waals surface area (Å²) in [6.07, 6.45) is 1.19. The summed E-state index contributed by atoms with van der Waals surface area (Å²) in [5.41, 5.74) is 1.27. The van der Waals surface area contributed by atoms with Crippen LogP contribution in [-0.4, -0.2) is 31.1 Å². The summed E-state index contributed by atoms with van der Waals surface area (Å²) in [6, 6.07) is 2.67. The minimum atomic E-state index is 0. The molecule has 2 atom stereocenters. The van der Waals surface area contributed by atoms with E-state index in [1.54, 1.807) is 0 Å². The average Bonchev–Trinajstić information content (AvgIpc) is 2.70. The molecule has 0 spiro atoms. The number of nitrogens with zero attached hydrogens (tertiary/aromatic N) is 1. The van der Waals surface area contributed by atoms with Crippen LogP contribution in [0.15, 0.2) is 10.5 Å². The quantitative estimate of drug-likeness (QED) is 0.915. The highest BCUT2D eigenvalue weighted by Gasteiger charge is 2.29. The fraction of sp³-hybridized carbons (Fsp3) is 0.733. The Labute approximate surface area is 135 Å². The summed E-state index contributed by atoms with van der Waals surface area (Å²) in [7, 11) is 0. The van der Waals surface area contributed by atoms with Gasteiger partial charge in [0.15, 0.2) is 0 Å². The highest BCUT2D eigenvalue weighted by Crippen LogP contribution is 2.33. The van der Waals surface area contributed by atoms with Crippen molar-refractivity contribution in [2.45, 2.75) is 40.2 Å². The van der Waals surface area contributed by atoms with Crippen LogP contribution >= 0.6 is 24.8 Å². The van der Waals surface area contributed by atoms with Gasteiger partial charge in [-0.3, -0.25) is 4.90 Å². The molecule has 1 N–H and O–H groups in total. The van der Waals surface area contributed by atoms with Crippen molar-refractivity contribution in [3.8, 4) is 0 Å². The lowest BCUT2D eigenvalue weighted by atomic mass is 9.94. The molecule has 118 valence electrons. The molecule has 1 aromatic heterocycles. The number of aryl methyl sites for hydroxylation is 2. The van der Waals surface area contributed by atoms with Crippen LogP contribution in [0.25, 0.3) is 0 Å². The van der Waals surface area contributed by atoms with E-state index < -0.39 is 0 Å². The van der Waals surface area contributed by atoms with Crippen LogP contribution in [0.5, 0.6) is 0 Å². The van der Waals surface area contributed by atoms with Gasteiger partial charge >= 0.3 is 0 Å². The Balaban J connectivity index is 0.00000180. The first-order chi connectivity index (χ1) is 8.63. The van der Waals surface area contributed by atoms with E-state index >= 15 is 0 Å². The monoisotopic (exact) mass is 322 g/mol. The van der Waals surface area contributed by atoms with Crippen LogP contribution in [-0.2, 0) is 0 Å². The first kappa shape index (κ1) is 19.8. The summed E-state index contributed by atoms with van der Waals surface area (Å²) in [5, 5.41) is 3.42. The molecule has 0 aromatic carbocycles. The minimum Gasteiger partial charge on any atom is -0.464 e. The first-order valence-corrected chi connectivity index (χ1v) is 7.15. The summed E-state index contributed by atoms with van der Waals surface area (Å²) < 4.78 is 5.99. The van der Waals surface area contributed by atoms with Crippen LogP contribution in [0.1, 0.15) is 43.4 Å². The Kier molecular flexibility index (Phi) is 8.83. The molecule has 20 heavy (non-hydrogen) atoms. The molecule has 0 amide bonds. The molecule has 1 aliphatic rings. The predicted octanol–water partition coefficient (Wildman–Crippen LogP) is 3.73. The SMILES string of the molecule is CCC(C)[C@@H](c1cc(C)c(C)o1)N1CCNCC1.Cl.Cl. The largest absolute Gasteiger partial charge is 0.464 e. The van der Waals surface area contributed by atoms with Gasteiger partial charge in [0, 0.05) is 26.2 Å². The number of hydrogen-bond acceptors (Lipinski definition) is 3. The normalized spacial score (nSPS) is 18.8. The summed E-state index contributed by atoms with van der Waals surface area (Å²) >= 11 is 0. The van der Waals surface area contributed by atoms with Gasteiger partial charge in [-0.2, -0.15) is 0 Å². The van der Waals surface area contributed by atoms with E-state index in [9.17, 15) is 0 Å². The van der Waals surface area contributed by atoms with Crippen LogP contribution < -0.4 is 5.32 Å². The zero-order valence-electron chi connectivity index (χ0n) is 12.9. The lowest BCUT2D eigenvalue weighted by molar-refractivity contribution is 0.110. The van der Waals surface area contributed by atoms with E-state index in [2.05, 4.69) is 44.0 Å². The van der Waals surface area contributed by atoms with Gasteiger partial charge in [-0.05, 0) is 31.4 Å². The molecule has 1 aliphatic heterocycles. The standard InChI is InChI=1S/C15H26N2O.2ClH/c1-5-11(2)15(17-8-6-16-7-9-17)14-10-12(3)13(4)18-14;;/h10-11,15-16H,5-9H2,1-4H3;2*1H/t11?,15-;;/m0../s1. The Morgan fingerprint density at radius 3 is 2.30 bits per heavy atom. The number of piperazine rings is 1. The Hall–Kier alpha value is -0.220. The third kappa shape index (κ3) is 4.39. The molecule has 1 unspecified atom stereocenters. The number of halogens is 2. The third-order valence-electron chi connectivity index (χ3n) is 4.20. The number of hydrogen-bond donors (Lipinski definition) is 1. The average molecular weight is 323 g/mol. The van der Waals surface area contributed by atoms with Crippen LogP contribution in [0.3, 0.4) is 0 Å². The molecule has 2 rings (SSSR count). The van der Waals surface area contributed by atoms with Gasteiger partial charge in [-0.25, -0.2) is 0 Å². The zero-order valence-corrected chi connectivity index (χ0v) is 14.6. The molecule has 0 aliphatic carbocycles. The summed E-state index contributed by atoms with van der Waals surface area (Å²) in [6.45, 7) is 13.2. The minimum absolute atomic E-state index is 0. The van der Waals surface area contributed by atoms with Gasteiger partial charge in [-0.15, -0.1) is 24.8 Å². The smallest absolute Gasteiger partial charge is 0.121 e. The molecule has 0 bridgehead atoms. The van der Waals surface area contributed by atoms with Crippen molar-refractivity contribution in [2.24, 2.45) is 5.92 Å². The van der Waals surface area contributed by atoms with Gasteiger partial charge < -0.3 is 9.73 Å². The molecule has 5 heteroatoms. The molecule has 1 aromatic rings. The lowest BCUT2D eigenvalue weighted by Gasteiger charge is -2.36. The molecule has 1 fully saturated rings. The van der Waals surface area contributed by atoms with Gasteiger partial charge in [-0.1, -0.05) is 20.3 Å². The zero-order chi connectivity index (χ0) is 13.1. The maximum absolute atomic E-state index is 5.99. The maximum atomic E-state index is 5.99. The van der Waals surface area contributed by atoms with Crippen LogP contribution in [0.2, 0.25) is 0 Å². The second-order valence-electron chi connectivity index (χ2n) is 5.50. The lowest BCUT2D eigenvalue weighted by Crippen LogP contribution is -2.46. The van der Waals surface area contributed by atoms with Crippen molar-refractivity contribution in [1.82, 2.24) is 10.2 Å². The highest BCUT2D eigenvalue weighted by atomic mass is 35.5. The van der Waals surface area contributed by atoms with E-state index in [0.717, 1.165) is 37.7 Å². The summed E-state index contributed by atoms with van der Waals surface area (Å²) in [5.74, 6) is 2.85. The Morgan fingerprint density at radius 2 is 1.85 bits per heavy atom. The van der Waals surface area contributed by atoms with E-state index in [1.807, 2.05) is 0 Å². The van der Waals surface area contributed by atoms with Gasteiger partial charge in [0.05, 0.1) is 6.04 Å². The van der Waals surface area contributed by atoms with Gasteiger partial charge in [0.1, 0.15) is 11.5 Å². The fourth-order valence-electron chi connectivity index (χ4n) is 2.75. The fourth-order valence-corrected chi connectivity index (χ4v) is 2.75. The second-order valence-corrected chi connectivity index (χ2v) is 5.50. The maximum Gasteiger partial charge on any atom is 0.121 e. The van der Waals surface area contributed by atoms with E-state index in [1.165, 1.54) is 12.0 Å². The Bertz CT molecular complexity index is 370. The van der Waals surface area contributed by atoms with Crippen molar-refractivity contribution in [1.29, 1.82) is 0 Å². The van der Waals surface area contributed by atoms with Crippen molar-refractivity contribution in [3.05, 3.63) is 23.2 Å². The molecule has 2 heterocycles. The molecule has 3 nitrogen and oxygen atoms in total. The molecule has 0 saturated carbocycles. The van der Waals surface area contributed by atoms with Crippen molar-refractivity contribution < 1.29 is 4.42 Å². The predicted molar refractivity (Wildman–Crippen MR) is 89.3 cm³/mol. The third-order valence-corrected chi connectivity index (χ3v) is 4.20. The van der Waals surface area contributed by atoms with Gasteiger partial charge in [0.25, 0.3) is 0 Å². The molecular formula is C15H28Cl2N2O. The Morgan fingerprint density at radius 1 is 1.25 bits per heavy atom. The second kappa shape index (κ2) is 8.93. The van der Waals surface area contributed by atoms with E-state index in [4.69, 9.17) is 4.42 Å². The first-order valence-electron chi connectivity index (χ1n) is 7.15. The molecule has 1 saturated heterocycles. The van der Waals surface area contributed by atoms with Crippen molar-refractivity contribution in [3.63, 3.8) is 0 Å². The number of nitrogens with one attached hydrogen (secondary N) is 1. The van der Waals surface area contributed by atoms with E-state index in [-0.39, 0.29) is 24.8 Å². The van der Waals surface area contributed by atoms with Gasteiger partial charge in [0.2, 0.25) is 0 Å². The van der Waals surface area contributed by atoms with Crippen molar-refractivity contribution in [2.75, 3.05) is 26.2 Å². The number of rotatable bonds is 4. The van der Waals surface area contributed by atoms with Crippen molar-refractivity contribution >= 4 is 24.8 Å². The summed E-state index contributed by atoms with van der Waals surface area (Å²) in [4.78, 5) is 2.57. The van der Waals surface area contributed by atoms with E-state index in [0.29, 0.717) is 12.0 Å². The van der Waals surface area contributed by atoms with Crippen LogP contribution in [0.4, 0.5) is 0 Å². The molecular weight excluding hydrogens is 295 g/mol. The number of furan rings is 1. The topological polar surface area (TPSA) is 28.4 Å². The van der Waals surface area contributed by atoms with Crippen LogP contribution in [0, 0.1) is 19.8 Å².